The van der Waals surface area contributed by atoms with Crippen molar-refractivity contribution in [1.29, 1.82) is 0 Å². The first-order valence-electron chi connectivity index (χ1n) is 8.47. The highest BCUT2D eigenvalue weighted by molar-refractivity contribution is 7.99. The maximum atomic E-state index is 12.1. The number of carbonyl (C=O) groups excluding carboxylic acids is 1. The molecule has 0 atom stereocenters. The van der Waals surface area contributed by atoms with Gasteiger partial charge in [0.15, 0.2) is 11.5 Å². The topological polar surface area (TPSA) is 95.7 Å². The summed E-state index contributed by atoms with van der Waals surface area (Å²) in [5.74, 6) is 2.52. The van der Waals surface area contributed by atoms with Crippen LogP contribution < -0.4 is 19.5 Å². The largest absolute Gasteiger partial charge is 0.497 e. The molecule has 1 aromatic heterocycles. The van der Waals surface area contributed by atoms with E-state index in [1.807, 2.05) is 36.4 Å². The fraction of sp³-hybridized carbons (Fsp3) is 0.211. The van der Waals surface area contributed by atoms with Gasteiger partial charge in [0, 0.05) is 12.1 Å². The number of nitrogens with zero attached hydrogens (tertiary/aromatic N) is 2. The number of rotatable bonds is 7. The minimum atomic E-state index is -0.135. The van der Waals surface area contributed by atoms with Crippen LogP contribution in [0, 0.1) is 0 Å². The van der Waals surface area contributed by atoms with Crippen molar-refractivity contribution in [3.05, 3.63) is 48.0 Å². The fourth-order valence-electron chi connectivity index (χ4n) is 2.57. The Bertz CT molecular complexity index is 991. The number of nitrogens with one attached hydrogen (secondary N) is 1. The summed E-state index contributed by atoms with van der Waals surface area (Å²) in [7, 11) is 1.59. The first-order chi connectivity index (χ1) is 13.7. The third-order valence-corrected chi connectivity index (χ3v) is 4.80. The van der Waals surface area contributed by atoms with Crippen molar-refractivity contribution < 1.29 is 23.4 Å². The summed E-state index contributed by atoms with van der Waals surface area (Å²) in [5.41, 5.74) is 1.69. The van der Waals surface area contributed by atoms with Gasteiger partial charge in [-0.05, 0) is 35.9 Å². The monoisotopic (exact) mass is 399 g/mol. The number of benzene rings is 2. The Labute approximate surface area is 165 Å². The highest BCUT2D eigenvalue weighted by Crippen LogP contribution is 2.32. The molecule has 2 aromatic carbocycles. The number of thioether (sulfide) groups is 1. The Morgan fingerprint density at radius 2 is 2.07 bits per heavy atom. The van der Waals surface area contributed by atoms with Crippen LogP contribution in [0.4, 0.5) is 0 Å². The van der Waals surface area contributed by atoms with Gasteiger partial charge in [-0.25, -0.2) is 0 Å². The van der Waals surface area contributed by atoms with Gasteiger partial charge in [0.2, 0.25) is 18.6 Å². The van der Waals surface area contributed by atoms with Gasteiger partial charge in [0.05, 0.1) is 12.9 Å². The molecular formula is C19H17N3O5S. The molecule has 1 aliphatic rings. The lowest BCUT2D eigenvalue weighted by Crippen LogP contribution is -2.24. The predicted molar refractivity (Wildman–Crippen MR) is 101 cm³/mol. The number of carbonyl (C=O) groups is 1. The van der Waals surface area contributed by atoms with Crippen LogP contribution in [0.1, 0.15) is 5.56 Å². The standard InChI is InChI=1S/C19H17N3O5S/c1-24-14-4-2-3-13(8-14)18-21-22-19(27-18)28-10-17(23)20-9-12-5-6-15-16(7-12)26-11-25-15/h2-8H,9-11H2,1H3,(H,20,23). The van der Waals surface area contributed by atoms with E-state index in [1.54, 1.807) is 13.2 Å². The van der Waals surface area contributed by atoms with Gasteiger partial charge < -0.3 is 23.9 Å². The zero-order valence-electron chi connectivity index (χ0n) is 15.0. The Hall–Kier alpha value is -3.20. The molecular weight excluding hydrogens is 382 g/mol. The van der Waals surface area contributed by atoms with Crippen LogP contribution in [0.15, 0.2) is 52.1 Å². The van der Waals surface area contributed by atoms with Gasteiger partial charge in [0.25, 0.3) is 5.22 Å². The van der Waals surface area contributed by atoms with E-state index in [4.69, 9.17) is 18.6 Å². The molecule has 0 radical (unpaired) electrons. The molecule has 1 N–H and O–H groups in total. The number of ether oxygens (including phenoxy) is 3. The van der Waals surface area contributed by atoms with Crippen molar-refractivity contribution in [2.75, 3.05) is 19.7 Å². The minimum Gasteiger partial charge on any atom is -0.497 e. The van der Waals surface area contributed by atoms with E-state index in [-0.39, 0.29) is 18.5 Å². The van der Waals surface area contributed by atoms with Crippen molar-refractivity contribution in [3.8, 4) is 28.7 Å². The molecule has 0 fully saturated rings. The molecule has 8 nitrogen and oxygen atoms in total. The lowest BCUT2D eigenvalue weighted by Gasteiger charge is -2.05. The van der Waals surface area contributed by atoms with Gasteiger partial charge in [-0.3, -0.25) is 4.79 Å². The van der Waals surface area contributed by atoms with Crippen LogP contribution in [0.2, 0.25) is 0 Å². The maximum Gasteiger partial charge on any atom is 0.277 e. The number of hydrogen-bond acceptors (Lipinski definition) is 8. The number of amides is 1. The second-order valence-corrected chi connectivity index (χ2v) is 6.78. The maximum absolute atomic E-state index is 12.1. The highest BCUT2D eigenvalue weighted by atomic mass is 32.2. The summed E-state index contributed by atoms with van der Waals surface area (Å²) in [4.78, 5) is 12.1. The fourth-order valence-corrected chi connectivity index (χ4v) is 3.16. The van der Waals surface area contributed by atoms with E-state index in [2.05, 4.69) is 15.5 Å². The SMILES string of the molecule is COc1cccc(-c2nnc(SCC(=O)NCc3ccc4c(c3)OCO4)o2)c1. The molecule has 0 unspecified atom stereocenters. The van der Waals surface area contributed by atoms with E-state index >= 15 is 0 Å². The lowest BCUT2D eigenvalue weighted by atomic mass is 10.2. The van der Waals surface area contributed by atoms with Crippen molar-refractivity contribution in [2.45, 2.75) is 11.8 Å². The van der Waals surface area contributed by atoms with E-state index in [0.717, 1.165) is 11.1 Å². The zero-order chi connectivity index (χ0) is 19.3. The normalized spacial score (nSPS) is 12.0. The van der Waals surface area contributed by atoms with Crippen molar-refractivity contribution >= 4 is 17.7 Å². The van der Waals surface area contributed by atoms with E-state index in [1.165, 1.54) is 11.8 Å². The summed E-state index contributed by atoms with van der Waals surface area (Å²) >= 11 is 1.18. The molecule has 0 aliphatic carbocycles. The van der Waals surface area contributed by atoms with Gasteiger partial charge in [0.1, 0.15) is 5.75 Å². The second-order valence-electron chi connectivity index (χ2n) is 5.86. The van der Waals surface area contributed by atoms with E-state index in [9.17, 15) is 4.79 Å². The quantitative estimate of drug-likeness (QED) is 0.606. The molecule has 2 heterocycles. The Balaban J connectivity index is 1.28. The zero-order valence-corrected chi connectivity index (χ0v) is 15.8. The van der Waals surface area contributed by atoms with Gasteiger partial charge in [-0.1, -0.05) is 23.9 Å². The van der Waals surface area contributed by atoms with E-state index < -0.39 is 0 Å². The molecule has 1 aliphatic heterocycles. The van der Waals surface area contributed by atoms with Crippen LogP contribution in [0.5, 0.6) is 17.2 Å². The highest BCUT2D eigenvalue weighted by Gasteiger charge is 2.14. The predicted octanol–water partition coefficient (Wildman–Crippen LogP) is 2.88. The second kappa shape index (κ2) is 8.22. The third kappa shape index (κ3) is 4.20. The molecule has 1 amide bonds. The number of aromatic nitrogens is 2. The molecule has 0 saturated heterocycles. The van der Waals surface area contributed by atoms with Crippen LogP contribution in [0.3, 0.4) is 0 Å². The Morgan fingerprint density at radius 1 is 1.18 bits per heavy atom. The molecule has 4 rings (SSSR count). The van der Waals surface area contributed by atoms with Gasteiger partial charge in [-0.2, -0.15) is 0 Å². The lowest BCUT2D eigenvalue weighted by molar-refractivity contribution is -0.118. The molecule has 3 aromatic rings. The smallest absolute Gasteiger partial charge is 0.277 e. The Morgan fingerprint density at radius 3 is 2.96 bits per heavy atom. The van der Waals surface area contributed by atoms with Gasteiger partial charge >= 0.3 is 0 Å². The van der Waals surface area contributed by atoms with Crippen LogP contribution in [-0.4, -0.2) is 35.8 Å². The van der Waals surface area contributed by atoms with E-state index in [0.29, 0.717) is 34.9 Å². The molecule has 0 bridgehead atoms. The Kier molecular flexibility index (Phi) is 5.34. The van der Waals surface area contributed by atoms with Crippen molar-refractivity contribution in [3.63, 3.8) is 0 Å². The number of methoxy groups -OCH3 is 1. The average molecular weight is 399 g/mol. The van der Waals surface area contributed by atoms with Crippen molar-refractivity contribution in [1.82, 2.24) is 15.5 Å². The molecule has 9 heteroatoms. The van der Waals surface area contributed by atoms with Crippen LogP contribution in [-0.2, 0) is 11.3 Å². The third-order valence-electron chi connectivity index (χ3n) is 3.98. The van der Waals surface area contributed by atoms with Crippen LogP contribution >= 0.6 is 11.8 Å². The first-order valence-corrected chi connectivity index (χ1v) is 9.46. The molecule has 144 valence electrons. The summed E-state index contributed by atoms with van der Waals surface area (Å²) in [5, 5.41) is 11.2. The number of fused-ring (bicyclic) bond motifs is 1. The van der Waals surface area contributed by atoms with Crippen molar-refractivity contribution in [2.24, 2.45) is 0 Å². The molecule has 0 spiro atoms. The first kappa shape index (κ1) is 18.2. The molecule has 0 saturated carbocycles. The molecule has 28 heavy (non-hydrogen) atoms. The summed E-state index contributed by atoms with van der Waals surface area (Å²) < 4.78 is 21.4. The minimum absolute atomic E-state index is 0.135. The summed E-state index contributed by atoms with van der Waals surface area (Å²) in [6.45, 7) is 0.624. The number of hydrogen-bond donors (Lipinski definition) is 1. The van der Waals surface area contributed by atoms with Crippen LogP contribution in [0.25, 0.3) is 11.5 Å². The average Bonchev–Trinajstić information content (AvgIpc) is 3.39. The summed E-state index contributed by atoms with van der Waals surface area (Å²) in [6, 6.07) is 12.9. The summed E-state index contributed by atoms with van der Waals surface area (Å²) in [6.07, 6.45) is 0. The van der Waals surface area contributed by atoms with Gasteiger partial charge in [-0.15, -0.1) is 10.2 Å².